The third-order valence-corrected chi connectivity index (χ3v) is 2.49. The molecule has 0 spiro atoms. The summed E-state index contributed by atoms with van der Waals surface area (Å²) in [7, 11) is 0. The number of hydrogen-bond donors (Lipinski definition) is 0. The maximum Gasteiger partial charge on any atom is 0.280 e. The van der Waals surface area contributed by atoms with E-state index in [2.05, 4.69) is 20.9 Å². The van der Waals surface area contributed by atoms with Gasteiger partial charge in [-0.1, -0.05) is 0 Å². The third-order valence-electron chi connectivity index (χ3n) is 1.62. The molecule has 1 rings (SSSR count). The molecule has 0 unspecified atom stereocenters. The van der Waals surface area contributed by atoms with Crippen LogP contribution in [0.2, 0.25) is 0 Å². The Bertz CT molecular complexity index is 390. The fourth-order valence-electron chi connectivity index (χ4n) is 0.985. The first kappa shape index (κ1) is 11.3. The van der Waals surface area contributed by atoms with Crippen LogP contribution in [0.3, 0.4) is 0 Å². The molecule has 0 fully saturated rings. The van der Waals surface area contributed by atoms with Gasteiger partial charge in [0.25, 0.3) is 6.43 Å². The van der Waals surface area contributed by atoms with Crippen LogP contribution >= 0.6 is 27.5 Å². The minimum absolute atomic E-state index is 0.0820. The molecule has 1 heterocycles. The maximum atomic E-state index is 12.4. The molecule has 1 aromatic heterocycles. The summed E-state index contributed by atoms with van der Waals surface area (Å²) in [5.41, 5.74) is -0.233. The summed E-state index contributed by atoms with van der Waals surface area (Å²) in [6.07, 6.45) is -1.54. The molecule has 0 aromatic carbocycles. The number of hydrogen-bond acceptors (Lipinski definition) is 2. The summed E-state index contributed by atoms with van der Waals surface area (Å²) >= 11 is 8.53. The Kier molecular flexibility index (Phi) is 3.78. The van der Waals surface area contributed by atoms with E-state index in [-0.39, 0.29) is 17.0 Å². The monoisotopic (exact) mass is 280 g/mol. The standard InChI is InChI=1S/C8H4BrClF2N2/c9-6-3-14-7(8(11)12)4(1-10)5(6)2-13/h3,8H,1H2. The summed E-state index contributed by atoms with van der Waals surface area (Å²) in [5.74, 6) is -0.158. The molecule has 0 saturated heterocycles. The predicted octanol–water partition coefficient (Wildman–Crippen LogP) is 3.39. The van der Waals surface area contributed by atoms with E-state index in [4.69, 9.17) is 16.9 Å². The zero-order chi connectivity index (χ0) is 10.7. The van der Waals surface area contributed by atoms with Gasteiger partial charge in [0.2, 0.25) is 0 Å². The van der Waals surface area contributed by atoms with Crippen molar-refractivity contribution in [1.82, 2.24) is 4.98 Å². The van der Waals surface area contributed by atoms with Gasteiger partial charge >= 0.3 is 0 Å². The Morgan fingerprint density at radius 2 is 2.29 bits per heavy atom. The lowest BCUT2D eigenvalue weighted by molar-refractivity contribution is 0.145. The molecule has 0 amide bonds. The van der Waals surface area contributed by atoms with Gasteiger partial charge in [-0.05, 0) is 15.9 Å². The topological polar surface area (TPSA) is 36.7 Å². The summed E-state index contributed by atoms with van der Waals surface area (Å²) < 4.78 is 25.2. The molecule has 0 aliphatic heterocycles. The highest BCUT2D eigenvalue weighted by atomic mass is 79.9. The largest absolute Gasteiger partial charge is 0.280 e. The molecule has 6 heteroatoms. The Morgan fingerprint density at radius 1 is 1.64 bits per heavy atom. The minimum Gasteiger partial charge on any atom is -0.254 e. The second-order valence-electron chi connectivity index (χ2n) is 2.39. The Morgan fingerprint density at radius 3 is 2.71 bits per heavy atom. The normalized spacial score (nSPS) is 10.3. The molecule has 0 atom stereocenters. The van der Waals surface area contributed by atoms with Crippen molar-refractivity contribution >= 4 is 27.5 Å². The molecule has 0 aliphatic carbocycles. The van der Waals surface area contributed by atoms with Crippen LogP contribution in [0.4, 0.5) is 8.78 Å². The Balaban J connectivity index is 3.42. The van der Waals surface area contributed by atoms with Crippen molar-refractivity contribution in [2.24, 2.45) is 0 Å². The van der Waals surface area contributed by atoms with Crippen LogP contribution in [0.1, 0.15) is 23.2 Å². The fourth-order valence-corrected chi connectivity index (χ4v) is 1.69. The van der Waals surface area contributed by atoms with Crippen LogP contribution in [0, 0.1) is 11.3 Å². The molecule has 2 nitrogen and oxygen atoms in total. The molecule has 0 bridgehead atoms. The molecule has 0 radical (unpaired) electrons. The van der Waals surface area contributed by atoms with Crippen LogP contribution < -0.4 is 0 Å². The second-order valence-corrected chi connectivity index (χ2v) is 3.51. The van der Waals surface area contributed by atoms with E-state index in [0.717, 1.165) is 0 Å². The highest BCUT2D eigenvalue weighted by Crippen LogP contribution is 2.28. The van der Waals surface area contributed by atoms with Crippen molar-refractivity contribution in [3.05, 3.63) is 27.5 Å². The van der Waals surface area contributed by atoms with Crippen molar-refractivity contribution in [2.75, 3.05) is 0 Å². The molecule has 0 saturated carbocycles. The van der Waals surface area contributed by atoms with Crippen LogP contribution in [-0.4, -0.2) is 4.98 Å². The molecule has 74 valence electrons. The van der Waals surface area contributed by atoms with E-state index >= 15 is 0 Å². The molecular formula is C8H4BrClF2N2. The molecule has 0 aliphatic rings. The summed E-state index contributed by atoms with van der Waals surface area (Å²) in [5, 5.41) is 8.73. The lowest BCUT2D eigenvalue weighted by atomic mass is 10.1. The first-order valence-electron chi connectivity index (χ1n) is 3.53. The first-order valence-corrected chi connectivity index (χ1v) is 4.86. The van der Waals surface area contributed by atoms with E-state index in [1.807, 2.05) is 0 Å². The second kappa shape index (κ2) is 4.67. The van der Waals surface area contributed by atoms with Crippen molar-refractivity contribution in [2.45, 2.75) is 12.3 Å². The van der Waals surface area contributed by atoms with Gasteiger partial charge < -0.3 is 0 Å². The van der Waals surface area contributed by atoms with Gasteiger partial charge in [-0.3, -0.25) is 4.98 Å². The van der Waals surface area contributed by atoms with Crippen LogP contribution in [0.5, 0.6) is 0 Å². The van der Waals surface area contributed by atoms with Gasteiger partial charge in [0.1, 0.15) is 11.8 Å². The van der Waals surface area contributed by atoms with E-state index in [9.17, 15) is 8.78 Å². The van der Waals surface area contributed by atoms with Crippen LogP contribution in [0.15, 0.2) is 10.7 Å². The first-order chi connectivity index (χ1) is 6.61. The summed E-state index contributed by atoms with van der Waals surface area (Å²) in [6.45, 7) is 0. The van der Waals surface area contributed by atoms with E-state index in [1.165, 1.54) is 6.20 Å². The molecule has 14 heavy (non-hydrogen) atoms. The van der Waals surface area contributed by atoms with Gasteiger partial charge in [0.15, 0.2) is 0 Å². The number of nitriles is 1. The predicted molar refractivity (Wildman–Crippen MR) is 51.2 cm³/mol. The van der Waals surface area contributed by atoms with Crippen molar-refractivity contribution in [1.29, 1.82) is 5.26 Å². The number of rotatable bonds is 2. The Labute approximate surface area is 92.6 Å². The van der Waals surface area contributed by atoms with Crippen LogP contribution in [-0.2, 0) is 5.88 Å². The quantitative estimate of drug-likeness (QED) is 0.779. The number of pyridine rings is 1. The van der Waals surface area contributed by atoms with E-state index in [1.54, 1.807) is 6.07 Å². The third kappa shape index (κ3) is 2.02. The smallest absolute Gasteiger partial charge is 0.254 e. The van der Waals surface area contributed by atoms with Gasteiger partial charge in [-0.25, -0.2) is 8.78 Å². The maximum absolute atomic E-state index is 12.4. The average molecular weight is 281 g/mol. The lowest BCUT2D eigenvalue weighted by Crippen LogP contribution is -2.00. The summed E-state index contributed by atoms with van der Waals surface area (Å²) in [6, 6.07) is 1.81. The number of nitrogens with zero attached hydrogens (tertiary/aromatic N) is 2. The SMILES string of the molecule is N#Cc1c(Br)cnc(C(F)F)c1CCl. The zero-order valence-corrected chi connectivity index (χ0v) is 9.11. The zero-order valence-electron chi connectivity index (χ0n) is 6.77. The molecule has 1 aromatic rings. The van der Waals surface area contributed by atoms with Crippen molar-refractivity contribution in [3.63, 3.8) is 0 Å². The number of aromatic nitrogens is 1. The Hall–Kier alpha value is -0.730. The van der Waals surface area contributed by atoms with Gasteiger partial charge in [-0.15, -0.1) is 11.6 Å². The number of alkyl halides is 3. The van der Waals surface area contributed by atoms with Crippen molar-refractivity contribution < 1.29 is 8.78 Å². The van der Waals surface area contributed by atoms with Gasteiger partial charge in [0, 0.05) is 11.8 Å². The fraction of sp³-hybridized carbons (Fsp3) is 0.250. The van der Waals surface area contributed by atoms with Crippen molar-refractivity contribution in [3.8, 4) is 6.07 Å². The average Bonchev–Trinajstić information content (AvgIpc) is 2.16. The van der Waals surface area contributed by atoms with E-state index in [0.29, 0.717) is 4.47 Å². The minimum atomic E-state index is -2.72. The molecule has 0 N–H and O–H groups in total. The molecular weight excluding hydrogens is 277 g/mol. The summed E-state index contributed by atoms with van der Waals surface area (Å²) in [4.78, 5) is 3.52. The van der Waals surface area contributed by atoms with Gasteiger partial charge in [-0.2, -0.15) is 5.26 Å². The van der Waals surface area contributed by atoms with Crippen LogP contribution in [0.25, 0.3) is 0 Å². The van der Waals surface area contributed by atoms with Gasteiger partial charge in [0.05, 0.1) is 15.9 Å². The lowest BCUT2D eigenvalue weighted by Gasteiger charge is -2.07. The number of halogens is 4. The van der Waals surface area contributed by atoms with E-state index < -0.39 is 12.1 Å². The highest BCUT2D eigenvalue weighted by molar-refractivity contribution is 9.10. The highest BCUT2D eigenvalue weighted by Gasteiger charge is 2.19.